The Morgan fingerprint density at radius 2 is 1.60 bits per heavy atom. The van der Waals surface area contributed by atoms with Gasteiger partial charge in [0.2, 0.25) is 0 Å². The summed E-state index contributed by atoms with van der Waals surface area (Å²) in [6.45, 7) is 0. The molecule has 0 radical (unpaired) electrons. The van der Waals surface area contributed by atoms with Gasteiger partial charge in [0.15, 0.2) is 12.4 Å². The molecule has 2 aliphatic rings. The number of nitriles is 2. The minimum atomic E-state index is 0.0761. The Kier molecular flexibility index (Phi) is 5.49. The topological polar surface area (TPSA) is 96.0 Å². The zero-order chi connectivity index (χ0) is 14.2. The fourth-order valence-corrected chi connectivity index (χ4v) is 3.07. The van der Waals surface area contributed by atoms with Gasteiger partial charge in [0, 0.05) is 0 Å². The SMILES string of the molecule is N#CNC1CCCCC1=NNC1CCCCC1NC#N. The van der Waals surface area contributed by atoms with E-state index in [1.165, 1.54) is 6.42 Å². The fraction of sp³-hybridized carbons (Fsp3) is 0.786. The molecule has 2 rings (SSSR count). The van der Waals surface area contributed by atoms with Crippen LogP contribution in [-0.2, 0) is 0 Å². The minimum Gasteiger partial charge on any atom is -0.319 e. The maximum atomic E-state index is 8.79. The zero-order valence-electron chi connectivity index (χ0n) is 11.7. The molecule has 3 atom stereocenters. The van der Waals surface area contributed by atoms with Crippen molar-refractivity contribution in [3.8, 4) is 12.4 Å². The Labute approximate surface area is 120 Å². The van der Waals surface area contributed by atoms with E-state index in [0.29, 0.717) is 0 Å². The van der Waals surface area contributed by atoms with Crippen LogP contribution in [0.3, 0.4) is 0 Å². The summed E-state index contributed by atoms with van der Waals surface area (Å²) in [6, 6.07) is 0.455. The van der Waals surface area contributed by atoms with Gasteiger partial charge in [-0.1, -0.05) is 19.3 Å². The molecule has 2 aliphatic carbocycles. The van der Waals surface area contributed by atoms with Gasteiger partial charge in [-0.25, -0.2) is 0 Å². The van der Waals surface area contributed by atoms with Crippen LogP contribution >= 0.6 is 0 Å². The molecule has 0 spiro atoms. The summed E-state index contributed by atoms with van der Waals surface area (Å²) in [5.74, 6) is 0. The van der Waals surface area contributed by atoms with Gasteiger partial charge in [-0.15, -0.1) is 0 Å². The molecule has 20 heavy (non-hydrogen) atoms. The van der Waals surface area contributed by atoms with Crippen LogP contribution in [-0.4, -0.2) is 23.8 Å². The van der Waals surface area contributed by atoms with Crippen molar-refractivity contribution in [1.82, 2.24) is 16.1 Å². The molecule has 0 aromatic heterocycles. The summed E-state index contributed by atoms with van der Waals surface area (Å²) >= 11 is 0. The molecule has 108 valence electrons. The average Bonchev–Trinajstić information content (AvgIpc) is 2.48. The van der Waals surface area contributed by atoms with Crippen molar-refractivity contribution in [3.63, 3.8) is 0 Å². The van der Waals surface area contributed by atoms with E-state index in [9.17, 15) is 0 Å². The van der Waals surface area contributed by atoms with Crippen LogP contribution < -0.4 is 16.1 Å². The van der Waals surface area contributed by atoms with Crippen molar-refractivity contribution < 1.29 is 0 Å². The van der Waals surface area contributed by atoms with Crippen LogP contribution in [0.25, 0.3) is 0 Å². The highest BCUT2D eigenvalue weighted by atomic mass is 15.3. The van der Waals surface area contributed by atoms with Crippen molar-refractivity contribution in [2.45, 2.75) is 69.5 Å². The molecule has 0 aromatic carbocycles. The normalized spacial score (nSPS) is 31.9. The number of rotatable bonds is 4. The predicted octanol–water partition coefficient (Wildman–Crippen LogP) is 1.33. The van der Waals surface area contributed by atoms with Gasteiger partial charge in [-0.2, -0.15) is 15.6 Å². The standard InChI is InChI=1S/C14H22N6/c15-9-17-11-5-1-3-7-13(11)19-20-14-8-4-2-6-12(14)18-10-16/h11-13,17-19H,1-8H2. The first kappa shape index (κ1) is 14.5. The fourth-order valence-electron chi connectivity index (χ4n) is 3.07. The summed E-state index contributed by atoms with van der Waals surface area (Å²) in [5, 5.41) is 27.8. The predicted molar refractivity (Wildman–Crippen MR) is 76.4 cm³/mol. The summed E-state index contributed by atoms with van der Waals surface area (Å²) in [6.07, 6.45) is 12.6. The van der Waals surface area contributed by atoms with E-state index in [1.54, 1.807) is 0 Å². The van der Waals surface area contributed by atoms with Crippen molar-refractivity contribution in [2.24, 2.45) is 5.10 Å². The van der Waals surface area contributed by atoms with Crippen LogP contribution in [0.15, 0.2) is 5.10 Å². The van der Waals surface area contributed by atoms with Crippen LogP contribution in [0.2, 0.25) is 0 Å². The molecule has 0 amide bonds. The van der Waals surface area contributed by atoms with E-state index in [-0.39, 0.29) is 18.1 Å². The Hall–Kier alpha value is -1.95. The quantitative estimate of drug-likeness (QED) is 0.408. The summed E-state index contributed by atoms with van der Waals surface area (Å²) in [7, 11) is 0. The molecular formula is C14H22N6. The lowest BCUT2D eigenvalue weighted by Crippen LogP contribution is -2.47. The van der Waals surface area contributed by atoms with E-state index in [0.717, 1.165) is 50.7 Å². The zero-order valence-corrected chi connectivity index (χ0v) is 11.7. The Bertz CT molecular complexity index is 418. The molecule has 0 heterocycles. The van der Waals surface area contributed by atoms with Crippen molar-refractivity contribution in [1.29, 1.82) is 10.5 Å². The second-order valence-electron chi connectivity index (χ2n) is 5.54. The smallest absolute Gasteiger partial charge is 0.177 e. The number of hydrogen-bond donors (Lipinski definition) is 3. The molecule has 3 unspecified atom stereocenters. The Morgan fingerprint density at radius 1 is 0.900 bits per heavy atom. The van der Waals surface area contributed by atoms with Gasteiger partial charge in [0.25, 0.3) is 0 Å². The Morgan fingerprint density at radius 3 is 2.35 bits per heavy atom. The molecular weight excluding hydrogens is 252 g/mol. The molecule has 6 nitrogen and oxygen atoms in total. The largest absolute Gasteiger partial charge is 0.319 e. The number of hydrazone groups is 1. The van der Waals surface area contributed by atoms with Gasteiger partial charge in [0.05, 0.1) is 23.8 Å². The third-order valence-electron chi connectivity index (χ3n) is 4.21. The van der Waals surface area contributed by atoms with Crippen LogP contribution in [0, 0.1) is 22.9 Å². The second-order valence-corrected chi connectivity index (χ2v) is 5.54. The molecule has 2 fully saturated rings. The van der Waals surface area contributed by atoms with Gasteiger partial charge in [-0.3, -0.25) is 0 Å². The molecule has 0 aromatic rings. The number of nitrogens with zero attached hydrogens (tertiary/aromatic N) is 3. The molecule has 3 N–H and O–H groups in total. The summed E-state index contributed by atoms with van der Waals surface area (Å²) < 4.78 is 0. The van der Waals surface area contributed by atoms with E-state index in [4.69, 9.17) is 10.5 Å². The lowest BCUT2D eigenvalue weighted by Gasteiger charge is -2.31. The molecule has 0 saturated heterocycles. The highest BCUT2D eigenvalue weighted by Crippen LogP contribution is 2.19. The van der Waals surface area contributed by atoms with Crippen molar-refractivity contribution >= 4 is 5.71 Å². The molecule has 2 saturated carbocycles. The van der Waals surface area contributed by atoms with Crippen LogP contribution in [0.1, 0.15) is 51.4 Å². The average molecular weight is 274 g/mol. The number of nitrogens with one attached hydrogen (secondary N) is 3. The number of hydrogen-bond acceptors (Lipinski definition) is 6. The highest BCUT2D eigenvalue weighted by Gasteiger charge is 2.25. The first-order valence-electron chi connectivity index (χ1n) is 7.46. The highest BCUT2D eigenvalue weighted by molar-refractivity contribution is 5.90. The van der Waals surface area contributed by atoms with Gasteiger partial charge in [-0.05, 0) is 32.1 Å². The van der Waals surface area contributed by atoms with Crippen LogP contribution in [0.4, 0.5) is 0 Å². The monoisotopic (exact) mass is 274 g/mol. The lowest BCUT2D eigenvalue weighted by atomic mass is 9.91. The lowest BCUT2D eigenvalue weighted by molar-refractivity contribution is 0.308. The molecule has 6 heteroatoms. The van der Waals surface area contributed by atoms with Gasteiger partial charge >= 0.3 is 0 Å². The van der Waals surface area contributed by atoms with E-state index < -0.39 is 0 Å². The van der Waals surface area contributed by atoms with E-state index >= 15 is 0 Å². The van der Waals surface area contributed by atoms with Crippen LogP contribution in [0.5, 0.6) is 0 Å². The van der Waals surface area contributed by atoms with E-state index in [1.807, 2.05) is 12.4 Å². The minimum absolute atomic E-state index is 0.0761. The molecule has 0 bridgehead atoms. The third kappa shape index (κ3) is 3.77. The van der Waals surface area contributed by atoms with Crippen molar-refractivity contribution in [3.05, 3.63) is 0 Å². The first-order chi connectivity index (χ1) is 9.85. The second kappa shape index (κ2) is 7.59. The maximum Gasteiger partial charge on any atom is 0.177 e. The van der Waals surface area contributed by atoms with Crippen molar-refractivity contribution in [2.75, 3.05) is 0 Å². The summed E-state index contributed by atoms with van der Waals surface area (Å²) in [5.41, 5.74) is 4.28. The maximum absolute atomic E-state index is 8.79. The van der Waals surface area contributed by atoms with Gasteiger partial charge in [0.1, 0.15) is 0 Å². The third-order valence-corrected chi connectivity index (χ3v) is 4.21. The summed E-state index contributed by atoms with van der Waals surface area (Å²) in [4.78, 5) is 0. The van der Waals surface area contributed by atoms with Gasteiger partial charge < -0.3 is 16.1 Å². The first-order valence-corrected chi connectivity index (χ1v) is 7.46. The Balaban J connectivity index is 1.95. The molecule has 0 aliphatic heterocycles. The van der Waals surface area contributed by atoms with E-state index in [2.05, 4.69) is 21.2 Å².